The zero-order valence-electron chi connectivity index (χ0n) is 16.0. The smallest absolute Gasteiger partial charge is 0.338 e. The van der Waals surface area contributed by atoms with Crippen molar-refractivity contribution < 1.29 is 28.8 Å². The van der Waals surface area contributed by atoms with Gasteiger partial charge < -0.3 is 19.7 Å². The third-order valence-corrected chi connectivity index (χ3v) is 3.77. The van der Waals surface area contributed by atoms with Crippen LogP contribution in [-0.2, 0) is 9.53 Å². The van der Waals surface area contributed by atoms with Gasteiger partial charge in [-0.1, -0.05) is 0 Å². The fourth-order valence-electron chi connectivity index (χ4n) is 2.33. The predicted octanol–water partition coefficient (Wildman–Crippen LogP) is 2.10. The third-order valence-electron chi connectivity index (χ3n) is 3.77. The number of rotatable bonds is 7. The highest BCUT2D eigenvalue weighted by atomic mass is 16.6. The molecule has 0 heterocycles. The van der Waals surface area contributed by atoms with Gasteiger partial charge in [-0.15, -0.1) is 0 Å². The molecule has 1 N–H and O–H groups in total. The molecule has 0 unspecified atom stereocenters. The molecule has 2 aromatic carbocycles. The monoisotopic (exact) mass is 401 g/mol. The Kier molecular flexibility index (Phi) is 6.85. The second kappa shape index (κ2) is 9.31. The quantitative estimate of drug-likeness (QED) is 0.427. The maximum Gasteiger partial charge on any atom is 0.338 e. The molecule has 0 atom stereocenters. The second-order valence-electron chi connectivity index (χ2n) is 6.04. The van der Waals surface area contributed by atoms with E-state index in [0.29, 0.717) is 11.3 Å². The Morgan fingerprint density at radius 3 is 2.24 bits per heavy atom. The van der Waals surface area contributed by atoms with Crippen LogP contribution in [0.4, 0.5) is 11.4 Å². The van der Waals surface area contributed by atoms with E-state index in [0.717, 1.165) is 6.07 Å². The molecule has 2 aromatic rings. The first-order valence-corrected chi connectivity index (χ1v) is 8.34. The number of hydrogen-bond acceptors (Lipinski definition) is 7. The van der Waals surface area contributed by atoms with Gasteiger partial charge in [0.1, 0.15) is 0 Å². The van der Waals surface area contributed by atoms with Crippen LogP contribution in [0.25, 0.3) is 0 Å². The molecule has 0 spiro atoms. The fraction of sp³-hybridized carbons (Fsp3) is 0.211. The van der Waals surface area contributed by atoms with Gasteiger partial charge in [0.05, 0.1) is 17.6 Å². The van der Waals surface area contributed by atoms with Crippen molar-refractivity contribution in [3.05, 3.63) is 63.7 Å². The van der Waals surface area contributed by atoms with Gasteiger partial charge in [0.25, 0.3) is 11.8 Å². The van der Waals surface area contributed by atoms with Crippen molar-refractivity contribution in [3.63, 3.8) is 0 Å². The molecule has 0 saturated carbocycles. The number of carbonyl (C=O) groups is 3. The Balaban J connectivity index is 1.95. The van der Waals surface area contributed by atoms with E-state index in [1.165, 1.54) is 24.1 Å². The van der Waals surface area contributed by atoms with Gasteiger partial charge in [0, 0.05) is 31.4 Å². The predicted molar refractivity (Wildman–Crippen MR) is 103 cm³/mol. The number of anilines is 1. The van der Waals surface area contributed by atoms with Crippen molar-refractivity contribution in [3.8, 4) is 5.75 Å². The summed E-state index contributed by atoms with van der Waals surface area (Å²) in [6.07, 6.45) is 0. The Morgan fingerprint density at radius 2 is 1.69 bits per heavy atom. The van der Waals surface area contributed by atoms with Crippen LogP contribution in [0.15, 0.2) is 42.5 Å². The lowest BCUT2D eigenvalue weighted by atomic mass is 10.2. The number of benzene rings is 2. The first-order chi connectivity index (χ1) is 13.7. The summed E-state index contributed by atoms with van der Waals surface area (Å²) in [4.78, 5) is 47.6. The number of hydrogen-bond donors (Lipinski definition) is 1. The number of ether oxygens (including phenoxy) is 2. The second-order valence-corrected chi connectivity index (χ2v) is 6.04. The highest BCUT2D eigenvalue weighted by molar-refractivity contribution is 5.97. The summed E-state index contributed by atoms with van der Waals surface area (Å²) in [6, 6.07) is 9.78. The standard InChI is InChI=1S/C19H19N3O7/c1-21(2)18(24)12-4-7-14(8-5-12)20-17(23)11-29-19(25)13-6-9-16(28-3)15(10-13)22(26)27/h4-10H,11H2,1-3H3,(H,20,23). The summed E-state index contributed by atoms with van der Waals surface area (Å²) < 4.78 is 9.75. The minimum Gasteiger partial charge on any atom is -0.490 e. The van der Waals surface area contributed by atoms with Gasteiger partial charge in [0.15, 0.2) is 12.4 Å². The number of nitro groups is 1. The van der Waals surface area contributed by atoms with Crippen LogP contribution in [-0.4, -0.2) is 55.4 Å². The van der Waals surface area contributed by atoms with Crippen molar-refractivity contribution in [2.24, 2.45) is 0 Å². The Bertz CT molecular complexity index is 939. The van der Waals surface area contributed by atoms with Crippen molar-refractivity contribution in [2.45, 2.75) is 0 Å². The number of nitrogens with zero attached hydrogens (tertiary/aromatic N) is 2. The zero-order valence-corrected chi connectivity index (χ0v) is 16.0. The molecule has 0 aliphatic heterocycles. The number of nitrogens with one attached hydrogen (secondary N) is 1. The molecule has 2 rings (SSSR count). The van der Waals surface area contributed by atoms with E-state index in [4.69, 9.17) is 9.47 Å². The van der Waals surface area contributed by atoms with Gasteiger partial charge in [-0.25, -0.2) is 4.79 Å². The molecule has 0 radical (unpaired) electrons. The molecule has 152 valence electrons. The Morgan fingerprint density at radius 1 is 1.07 bits per heavy atom. The first-order valence-electron chi connectivity index (χ1n) is 8.34. The van der Waals surface area contributed by atoms with E-state index in [1.807, 2.05) is 0 Å². The number of amides is 2. The van der Waals surface area contributed by atoms with Crippen LogP contribution in [0.5, 0.6) is 5.75 Å². The van der Waals surface area contributed by atoms with Crippen LogP contribution in [0.1, 0.15) is 20.7 Å². The summed E-state index contributed by atoms with van der Waals surface area (Å²) >= 11 is 0. The molecule has 0 bridgehead atoms. The summed E-state index contributed by atoms with van der Waals surface area (Å²) in [7, 11) is 4.53. The minimum absolute atomic E-state index is 0.000452. The van der Waals surface area contributed by atoms with Crippen molar-refractivity contribution in [1.29, 1.82) is 0 Å². The molecule has 10 nitrogen and oxygen atoms in total. The lowest BCUT2D eigenvalue weighted by Crippen LogP contribution is -2.22. The van der Waals surface area contributed by atoms with Gasteiger partial charge in [0.2, 0.25) is 0 Å². The molecule has 0 fully saturated rings. The van der Waals surface area contributed by atoms with E-state index < -0.39 is 29.1 Å². The van der Waals surface area contributed by atoms with Crippen molar-refractivity contribution >= 4 is 29.2 Å². The molecule has 10 heteroatoms. The Hall–Kier alpha value is -3.95. The topological polar surface area (TPSA) is 128 Å². The largest absolute Gasteiger partial charge is 0.490 e. The number of nitro benzene ring substituents is 1. The average molecular weight is 401 g/mol. The molecule has 29 heavy (non-hydrogen) atoms. The van der Waals surface area contributed by atoms with E-state index in [-0.39, 0.29) is 17.2 Å². The van der Waals surface area contributed by atoms with E-state index in [2.05, 4.69) is 5.32 Å². The number of methoxy groups -OCH3 is 1. The van der Waals surface area contributed by atoms with Crippen LogP contribution in [0.2, 0.25) is 0 Å². The first kappa shape index (κ1) is 21.4. The molecule has 2 amide bonds. The molecule has 0 aliphatic rings. The SMILES string of the molecule is COc1ccc(C(=O)OCC(=O)Nc2ccc(C(=O)N(C)C)cc2)cc1[N+](=O)[O-]. The maximum absolute atomic E-state index is 12.1. The van der Waals surface area contributed by atoms with Crippen LogP contribution >= 0.6 is 0 Å². The molecule has 0 aromatic heterocycles. The fourth-order valence-corrected chi connectivity index (χ4v) is 2.33. The lowest BCUT2D eigenvalue weighted by Gasteiger charge is -2.11. The summed E-state index contributed by atoms with van der Waals surface area (Å²) in [5.41, 5.74) is 0.401. The van der Waals surface area contributed by atoms with Gasteiger partial charge in [-0.3, -0.25) is 19.7 Å². The summed E-state index contributed by atoms with van der Waals surface area (Å²) in [6.45, 7) is -0.586. The van der Waals surface area contributed by atoms with E-state index >= 15 is 0 Å². The highest BCUT2D eigenvalue weighted by Gasteiger charge is 2.19. The highest BCUT2D eigenvalue weighted by Crippen LogP contribution is 2.27. The minimum atomic E-state index is -0.891. The van der Waals surface area contributed by atoms with Crippen molar-refractivity contribution in [2.75, 3.05) is 33.1 Å². The summed E-state index contributed by atoms with van der Waals surface area (Å²) in [5, 5.41) is 13.5. The van der Waals surface area contributed by atoms with Crippen LogP contribution in [0, 0.1) is 10.1 Å². The van der Waals surface area contributed by atoms with E-state index in [1.54, 1.807) is 38.4 Å². The molecule has 0 saturated heterocycles. The number of carbonyl (C=O) groups excluding carboxylic acids is 3. The van der Waals surface area contributed by atoms with Gasteiger partial charge >= 0.3 is 11.7 Å². The van der Waals surface area contributed by atoms with Gasteiger partial charge in [-0.05, 0) is 36.4 Å². The Labute approximate surface area is 166 Å². The summed E-state index contributed by atoms with van der Waals surface area (Å²) in [5.74, 6) is -1.67. The van der Waals surface area contributed by atoms with Crippen molar-refractivity contribution in [1.82, 2.24) is 4.90 Å². The van der Waals surface area contributed by atoms with Gasteiger partial charge in [-0.2, -0.15) is 0 Å². The molecular weight excluding hydrogens is 382 g/mol. The van der Waals surface area contributed by atoms with Crippen LogP contribution < -0.4 is 10.1 Å². The average Bonchev–Trinajstić information content (AvgIpc) is 2.71. The molecule has 0 aliphatic carbocycles. The lowest BCUT2D eigenvalue weighted by molar-refractivity contribution is -0.385. The van der Waals surface area contributed by atoms with Crippen LogP contribution in [0.3, 0.4) is 0 Å². The number of esters is 1. The molecular formula is C19H19N3O7. The van der Waals surface area contributed by atoms with E-state index in [9.17, 15) is 24.5 Å². The normalized spacial score (nSPS) is 10.0. The maximum atomic E-state index is 12.1. The zero-order chi connectivity index (χ0) is 21.6. The third kappa shape index (κ3) is 5.51.